The molecule has 0 bridgehead atoms. The second kappa shape index (κ2) is 8.27. The molecule has 1 aromatic heterocycles. The largest absolute Gasteiger partial charge is 0.411 e. The van der Waals surface area contributed by atoms with Crippen LogP contribution in [0.4, 0.5) is 0 Å². The molecule has 0 radical (unpaired) electrons. The van der Waals surface area contributed by atoms with Crippen molar-refractivity contribution in [2.75, 3.05) is 13.1 Å². The van der Waals surface area contributed by atoms with Crippen molar-refractivity contribution in [1.29, 1.82) is 0 Å². The molecule has 1 fully saturated rings. The number of nitrogens with zero attached hydrogens (tertiary/aromatic N) is 3. The number of amides is 1. The van der Waals surface area contributed by atoms with Crippen LogP contribution in [0, 0.1) is 0 Å². The first kappa shape index (κ1) is 18.3. The standard InChI is InChI=1S/C20H18BrN3O2S/c21-16-10-8-15(9-11-16)18-22-23-20(26-18)27-17(14-6-2-1-3-7-14)19(25)24-12-4-5-13-24/h1-3,6-11,17H,4-5,12-13H2. The van der Waals surface area contributed by atoms with Crippen LogP contribution in [-0.2, 0) is 4.79 Å². The van der Waals surface area contributed by atoms with E-state index in [0.29, 0.717) is 11.1 Å². The van der Waals surface area contributed by atoms with E-state index in [1.165, 1.54) is 11.8 Å². The van der Waals surface area contributed by atoms with Gasteiger partial charge in [-0.1, -0.05) is 46.3 Å². The van der Waals surface area contributed by atoms with Crippen molar-refractivity contribution in [2.45, 2.75) is 23.3 Å². The van der Waals surface area contributed by atoms with E-state index in [2.05, 4.69) is 26.1 Å². The quantitative estimate of drug-likeness (QED) is 0.521. The zero-order valence-corrected chi connectivity index (χ0v) is 16.9. The highest BCUT2D eigenvalue weighted by Gasteiger charge is 2.30. The molecule has 0 spiro atoms. The number of hydrogen-bond acceptors (Lipinski definition) is 5. The Labute approximate surface area is 170 Å². The molecule has 2 heterocycles. The van der Waals surface area contributed by atoms with Crippen LogP contribution >= 0.6 is 27.7 Å². The summed E-state index contributed by atoms with van der Waals surface area (Å²) in [6.07, 6.45) is 2.12. The predicted octanol–water partition coefficient (Wildman–Crippen LogP) is 4.95. The van der Waals surface area contributed by atoms with Gasteiger partial charge in [-0.2, -0.15) is 0 Å². The first-order valence-corrected chi connectivity index (χ1v) is 10.5. The minimum absolute atomic E-state index is 0.104. The van der Waals surface area contributed by atoms with E-state index in [-0.39, 0.29) is 11.2 Å². The Morgan fingerprint density at radius 1 is 1.04 bits per heavy atom. The van der Waals surface area contributed by atoms with E-state index in [1.807, 2.05) is 59.5 Å². The monoisotopic (exact) mass is 443 g/mol. The van der Waals surface area contributed by atoms with Gasteiger partial charge in [-0.15, -0.1) is 10.2 Å². The van der Waals surface area contributed by atoms with Gasteiger partial charge in [0.25, 0.3) is 5.22 Å². The highest BCUT2D eigenvalue weighted by atomic mass is 79.9. The van der Waals surface area contributed by atoms with Crippen LogP contribution in [0.25, 0.3) is 11.5 Å². The second-order valence-corrected chi connectivity index (χ2v) is 8.29. The first-order valence-electron chi connectivity index (χ1n) is 8.80. The minimum atomic E-state index is -0.387. The van der Waals surface area contributed by atoms with Crippen molar-refractivity contribution in [3.8, 4) is 11.5 Å². The molecule has 1 aliphatic heterocycles. The van der Waals surface area contributed by atoms with Crippen LogP contribution in [-0.4, -0.2) is 34.1 Å². The predicted molar refractivity (Wildman–Crippen MR) is 108 cm³/mol. The maximum Gasteiger partial charge on any atom is 0.277 e. The third-order valence-electron chi connectivity index (χ3n) is 4.46. The summed E-state index contributed by atoms with van der Waals surface area (Å²) in [6, 6.07) is 17.5. The minimum Gasteiger partial charge on any atom is -0.411 e. The molecular formula is C20H18BrN3O2S. The molecule has 4 rings (SSSR count). The molecule has 1 aliphatic rings. The first-order chi connectivity index (χ1) is 13.2. The third-order valence-corrected chi connectivity index (χ3v) is 6.07. The van der Waals surface area contributed by atoms with Crippen LogP contribution in [0.5, 0.6) is 0 Å². The van der Waals surface area contributed by atoms with Gasteiger partial charge in [-0.3, -0.25) is 4.79 Å². The summed E-state index contributed by atoms with van der Waals surface area (Å²) in [7, 11) is 0. The van der Waals surface area contributed by atoms with Crippen LogP contribution in [0.3, 0.4) is 0 Å². The third kappa shape index (κ3) is 4.25. The average Bonchev–Trinajstić information content (AvgIpc) is 3.39. The zero-order valence-electron chi connectivity index (χ0n) is 14.5. The van der Waals surface area contributed by atoms with Gasteiger partial charge >= 0.3 is 0 Å². The van der Waals surface area contributed by atoms with E-state index < -0.39 is 0 Å². The summed E-state index contributed by atoms with van der Waals surface area (Å²) >= 11 is 4.73. The summed E-state index contributed by atoms with van der Waals surface area (Å²) in [5.74, 6) is 0.553. The van der Waals surface area contributed by atoms with Gasteiger partial charge in [0.2, 0.25) is 11.8 Å². The smallest absolute Gasteiger partial charge is 0.277 e. The van der Waals surface area contributed by atoms with Gasteiger partial charge in [0.05, 0.1) is 0 Å². The molecule has 138 valence electrons. The van der Waals surface area contributed by atoms with Crippen LogP contribution in [0.1, 0.15) is 23.7 Å². The van der Waals surface area contributed by atoms with Gasteiger partial charge < -0.3 is 9.32 Å². The van der Waals surface area contributed by atoms with Gasteiger partial charge in [0.1, 0.15) is 5.25 Å². The summed E-state index contributed by atoms with van der Waals surface area (Å²) in [5, 5.41) is 8.31. The van der Waals surface area contributed by atoms with E-state index in [9.17, 15) is 4.79 Å². The zero-order chi connectivity index (χ0) is 18.6. The van der Waals surface area contributed by atoms with Crippen LogP contribution < -0.4 is 0 Å². The number of likely N-dealkylation sites (tertiary alicyclic amines) is 1. The number of carbonyl (C=O) groups excluding carboxylic acids is 1. The van der Waals surface area contributed by atoms with Gasteiger partial charge in [0, 0.05) is 23.1 Å². The molecule has 3 aromatic rings. The maximum absolute atomic E-state index is 13.1. The maximum atomic E-state index is 13.1. The van der Waals surface area contributed by atoms with Gasteiger partial charge in [-0.25, -0.2) is 0 Å². The fourth-order valence-electron chi connectivity index (χ4n) is 3.06. The Morgan fingerprint density at radius 3 is 2.44 bits per heavy atom. The molecule has 1 amide bonds. The fourth-order valence-corrected chi connectivity index (χ4v) is 4.28. The number of rotatable bonds is 5. The number of aromatic nitrogens is 2. The van der Waals surface area contributed by atoms with Crippen molar-refractivity contribution >= 4 is 33.6 Å². The van der Waals surface area contributed by atoms with Crippen molar-refractivity contribution in [2.24, 2.45) is 0 Å². The molecule has 2 aromatic carbocycles. The highest BCUT2D eigenvalue weighted by Crippen LogP contribution is 2.37. The lowest BCUT2D eigenvalue weighted by atomic mass is 10.1. The summed E-state index contributed by atoms with van der Waals surface area (Å²) in [5.41, 5.74) is 1.79. The molecule has 27 heavy (non-hydrogen) atoms. The highest BCUT2D eigenvalue weighted by molar-refractivity contribution is 9.10. The Hall–Kier alpha value is -2.12. The van der Waals surface area contributed by atoms with E-state index in [4.69, 9.17) is 4.42 Å². The molecule has 5 nitrogen and oxygen atoms in total. The average molecular weight is 444 g/mol. The van der Waals surface area contributed by atoms with Crippen molar-refractivity contribution in [3.63, 3.8) is 0 Å². The summed E-state index contributed by atoms with van der Waals surface area (Å²) in [4.78, 5) is 15.0. The molecule has 7 heteroatoms. The normalized spacial score (nSPS) is 15.1. The number of thioether (sulfide) groups is 1. The molecule has 0 N–H and O–H groups in total. The molecule has 0 aliphatic carbocycles. The lowest BCUT2D eigenvalue weighted by Gasteiger charge is -2.22. The van der Waals surface area contributed by atoms with E-state index in [0.717, 1.165) is 41.5 Å². The Kier molecular flexibility index (Phi) is 5.59. The van der Waals surface area contributed by atoms with Crippen LogP contribution in [0.15, 0.2) is 68.7 Å². The SMILES string of the molecule is O=C(C(Sc1nnc(-c2ccc(Br)cc2)o1)c1ccccc1)N1CCCC1. The van der Waals surface area contributed by atoms with Gasteiger partial charge in [0.15, 0.2) is 0 Å². The van der Waals surface area contributed by atoms with Crippen LogP contribution in [0.2, 0.25) is 0 Å². The lowest BCUT2D eigenvalue weighted by molar-refractivity contribution is -0.129. The Balaban J connectivity index is 1.58. The summed E-state index contributed by atoms with van der Waals surface area (Å²) < 4.78 is 6.82. The Bertz CT molecular complexity index is 908. The fraction of sp³-hybridized carbons (Fsp3) is 0.250. The van der Waals surface area contributed by atoms with Crippen molar-refractivity contribution in [3.05, 3.63) is 64.6 Å². The van der Waals surface area contributed by atoms with Gasteiger partial charge in [-0.05, 0) is 54.4 Å². The summed E-state index contributed by atoms with van der Waals surface area (Å²) in [6.45, 7) is 1.63. The van der Waals surface area contributed by atoms with E-state index >= 15 is 0 Å². The Morgan fingerprint density at radius 2 is 1.74 bits per heavy atom. The van der Waals surface area contributed by atoms with Crippen molar-refractivity contribution < 1.29 is 9.21 Å². The molecular weight excluding hydrogens is 426 g/mol. The number of carbonyl (C=O) groups is 1. The molecule has 1 saturated heterocycles. The second-order valence-electron chi connectivity index (χ2n) is 6.32. The van der Waals surface area contributed by atoms with E-state index in [1.54, 1.807) is 0 Å². The number of benzene rings is 2. The number of hydrogen-bond donors (Lipinski definition) is 0. The molecule has 0 saturated carbocycles. The lowest BCUT2D eigenvalue weighted by Crippen LogP contribution is -2.31. The molecule has 1 atom stereocenters. The molecule has 1 unspecified atom stereocenters. The van der Waals surface area contributed by atoms with Crippen molar-refractivity contribution in [1.82, 2.24) is 15.1 Å². The number of halogens is 1. The topological polar surface area (TPSA) is 59.2 Å².